The number of hydrogen-bond acceptors (Lipinski definition) is 5. The summed E-state index contributed by atoms with van der Waals surface area (Å²) >= 11 is 0. The summed E-state index contributed by atoms with van der Waals surface area (Å²) in [5.74, 6) is -1.58. The summed E-state index contributed by atoms with van der Waals surface area (Å²) in [6, 6.07) is 20.6. The SMILES string of the molecule is C[C@H](NC(=O)c1ccccc1)C(=O)OCC(=O)Nc1ccc2oc3ccccc3c2c1. The van der Waals surface area contributed by atoms with E-state index in [-0.39, 0.29) is 0 Å². The Morgan fingerprint density at radius 3 is 2.42 bits per heavy atom. The number of rotatable bonds is 6. The van der Waals surface area contributed by atoms with E-state index in [1.165, 1.54) is 6.92 Å². The molecule has 1 aromatic heterocycles. The van der Waals surface area contributed by atoms with E-state index in [0.717, 1.165) is 16.4 Å². The monoisotopic (exact) mass is 416 g/mol. The number of hydrogen-bond donors (Lipinski definition) is 2. The zero-order valence-corrected chi connectivity index (χ0v) is 16.8. The van der Waals surface area contributed by atoms with Crippen LogP contribution in [0.3, 0.4) is 0 Å². The van der Waals surface area contributed by atoms with Gasteiger partial charge in [-0.15, -0.1) is 0 Å². The number of para-hydroxylation sites is 1. The molecular weight excluding hydrogens is 396 g/mol. The van der Waals surface area contributed by atoms with Crippen molar-refractivity contribution in [1.29, 1.82) is 0 Å². The molecule has 4 aromatic rings. The predicted octanol–water partition coefficient (Wildman–Crippen LogP) is 3.89. The molecule has 0 bridgehead atoms. The third-order valence-corrected chi connectivity index (χ3v) is 4.74. The van der Waals surface area contributed by atoms with Gasteiger partial charge in [0.15, 0.2) is 6.61 Å². The minimum Gasteiger partial charge on any atom is -0.456 e. The summed E-state index contributed by atoms with van der Waals surface area (Å²) in [7, 11) is 0. The summed E-state index contributed by atoms with van der Waals surface area (Å²) in [4.78, 5) is 36.5. The molecule has 4 rings (SSSR count). The minimum absolute atomic E-state index is 0.393. The van der Waals surface area contributed by atoms with Gasteiger partial charge in [0.25, 0.3) is 11.8 Å². The highest BCUT2D eigenvalue weighted by Gasteiger charge is 2.19. The molecule has 0 fully saturated rings. The molecule has 3 aromatic carbocycles. The van der Waals surface area contributed by atoms with Gasteiger partial charge in [0.1, 0.15) is 17.2 Å². The first-order chi connectivity index (χ1) is 15.0. The van der Waals surface area contributed by atoms with Crippen LogP contribution in [-0.4, -0.2) is 30.4 Å². The predicted molar refractivity (Wildman–Crippen MR) is 117 cm³/mol. The summed E-state index contributed by atoms with van der Waals surface area (Å²) in [6.45, 7) is 1.04. The zero-order chi connectivity index (χ0) is 21.8. The number of carbonyl (C=O) groups is 3. The molecule has 31 heavy (non-hydrogen) atoms. The van der Waals surface area contributed by atoms with Crippen LogP contribution >= 0.6 is 0 Å². The number of anilines is 1. The fourth-order valence-electron chi connectivity index (χ4n) is 3.19. The molecule has 0 radical (unpaired) electrons. The number of nitrogens with one attached hydrogen (secondary N) is 2. The van der Waals surface area contributed by atoms with Crippen LogP contribution in [-0.2, 0) is 14.3 Å². The second kappa shape index (κ2) is 8.71. The molecule has 2 amide bonds. The highest BCUT2D eigenvalue weighted by Crippen LogP contribution is 2.30. The summed E-state index contributed by atoms with van der Waals surface area (Å²) in [5, 5.41) is 7.08. The average molecular weight is 416 g/mol. The summed E-state index contributed by atoms with van der Waals surface area (Å²) in [5.41, 5.74) is 2.47. The fourth-order valence-corrected chi connectivity index (χ4v) is 3.19. The lowest BCUT2D eigenvalue weighted by Crippen LogP contribution is -2.40. The second-order valence-electron chi connectivity index (χ2n) is 7.03. The maximum Gasteiger partial charge on any atom is 0.328 e. The maximum absolute atomic E-state index is 12.2. The van der Waals surface area contributed by atoms with Gasteiger partial charge in [-0.2, -0.15) is 0 Å². The minimum atomic E-state index is -0.894. The highest BCUT2D eigenvalue weighted by molar-refractivity contribution is 6.07. The van der Waals surface area contributed by atoms with Crippen molar-refractivity contribution in [2.75, 3.05) is 11.9 Å². The number of amides is 2. The van der Waals surface area contributed by atoms with Gasteiger partial charge in [-0.3, -0.25) is 9.59 Å². The van der Waals surface area contributed by atoms with Gasteiger partial charge in [0.05, 0.1) is 0 Å². The van der Waals surface area contributed by atoms with E-state index in [2.05, 4.69) is 10.6 Å². The Morgan fingerprint density at radius 1 is 0.903 bits per heavy atom. The molecule has 0 spiro atoms. The van der Waals surface area contributed by atoms with E-state index in [1.54, 1.807) is 42.5 Å². The molecule has 0 aliphatic carbocycles. The average Bonchev–Trinajstić information content (AvgIpc) is 3.16. The van der Waals surface area contributed by atoms with Gasteiger partial charge >= 0.3 is 5.97 Å². The van der Waals surface area contributed by atoms with Gasteiger partial charge in [0, 0.05) is 22.0 Å². The molecule has 7 heteroatoms. The fraction of sp³-hybridized carbons (Fsp3) is 0.125. The smallest absolute Gasteiger partial charge is 0.328 e. The summed E-state index contributed by atoms with van der Waals surface area (Å²) in [6.07, 6.45) is 0. The Kier molecular flexibility index (Phi) is 5.66. The van der Waals surface area contributed by atoms with E-state index < -0.39 is 30.4 Å². The van der Waals surface area contributed by atoms with Crippen molar-refractivity contribution in [3.63, 3.8) is 0 Å². The number of benzene rings is 3. The Bertz CT molecular complexity index is 1260. The normalized spacial score (nSPS) is 11.8. The van der Waals surface area contributed by atoms with Gasteiger partial charge < -0.3 is 19.8 Å². The Balaban J connectivity index is 1.33. The van der Waals surface area contributed by atoms with Crippen molar-refractivity contribution in [1.82, 2.24) is 5.32 Å². The van der Waals surface area contributed by atoms with Gasteiger partial charge in [-0.05, 0) is 43.3 Å². The molecule has 0 aliphatic heterocycles. The van der Waals surface area contributed by atoms with E-state index in [9.17, 15) is 14.4 Å². The molecule has 2 N–H and O–H groups in total. The lowest BCUT2D eigenvalue weighted by molar-refractivity contribution is -0.148. The number of carbonyl (C=O) groups excluding carboxylic acids is 3. The van der Waals surface area contributed by atoms with Crippen LogP contribution in [0.2, 0.25) is 0 Å². The zero-order valence-electron chi connectivity index (χ0n) is 16.8. The first-order valence-corrected chi connectivity index (χ1v) is 9.75. The largest absolute Gasteiger partial charge is 0.456 e. The Morgan fingerprint density at radius 2 is 1.61 bits per heavy atom. The molecule has 7 nitrogen and oxygen atoms in total. The molecule has 1 atom stereocenters. The van der Waals surface area contributed by atoms with Crippen molar-refractivity contribution in [2.45, 2.75) is 13.0 Å². The topological polar surface area (TPSA) is 97.6 Å². The standard InChI is InChI=1S/C24H20N2O5/c1-15(25-23(28)16-7-3-2-4-8-16)24(29)30-14-22(27)26-17-11-12-21-19(13-17)18-9-5-6-10-20(18)31-21/h2-13,15H,14H2,1H3,(H,25,28)(H,26,27)/t15-/m0/s1. The Hall–Kier alpha value is -4.13. The van der Waals surface area contributed by atoms with Crippen LogP contribution in [0, 0.1) is 0 Å². The number of furan rings is 1. The van der Waals surface area contributed by atoms with Crippen molar-refractivity contribution in [3.8, 4) is 0 Å². The molecule has 1 heterocycles. The van der Waals surface area contributed by atoms with Crippen molar-refractivity contribution < 1.29 is 23.5 Å². The van der Waals surface area contributed by atoms with Crippen LogP contribution in [0.5, 0.6) is 0 Å². The van der Waals surface area contributed by atoms with Gasteiger partial charge in [-0.1, -0.05) is 36.4 Å². The second-order valence-corrected chi connectivity index (χ2v) is 7.03. The van der Waals surface area contributed by atoms with Gasteiger partial charge in [-0.25, -0.2) is 4.79 Å². The van der Waals surface area contributed by atoms with Crippen molar-refractivity contribution in [2.24, 2.45) is 0 Å². The molecule has 0 saturated carbocycles. The Labute approximate surface area is 178 Å². The molecule has 0 unspecified atom stereocenters. The summed E-state index contributed by atoms with van der Waals surface area (Å²) < 4.78 is 10.8. The van der Waals surface area contributed by atoms with Crippen LogP contribution < -0.4 is 10.6 Å². The van der Waals surface area contributed by atoms with Crippen molar-refractivity contribution in [3.05, 3.63) is 78.4 Å². The lowest BCUT2D eigenvalue weighted by atomic mass is 10.1. The van der Waals surface area contributed by atoms with Crippen LogP contribution in [0.1, 0.15) is 17.3 Å². The molecule has 0 aliphatic rings. The highest BCUT2D eigenvalue weighted by atomic mass is 16.5. The van der Waals surface area contributed by atoms with Crippen molar-refractivity contribution >= 4 is 45.4 Å². The number of esters is 1. The van der Waals surface area contributed by atoms with Gasteiger partial charge in [0.2, 0.25) is 0 Å². The van der Waals surface area contributed by atoms with Crippen LogP contribution in [0.15, 0.2) is 77.2 Å². The third-order valence-electron chi connectivity index (χ3n) is 4.74. The quantitative estimate of drug-likeness (QED) is 0.465. The first kappa shape index (κ1) is 20.2. The molecule has 156 valence electrons. The van der Waals surface area contributed by atoms with E-state index >= 15 is 0 Å². The van der Waals surface area contributed by atoms with Crippen LogP contribution in [0.4, 0.5) is 5.69 Å². The van der Waals surface area contributed by atoms with E-state index in [0.29, 0.717) is 16.8 Å². The first-order valence-electron chi connectivity index (χ1n) is 9.75. The lowest BCUT2D eigenvalue weighted by Gasteiger charge is -2.13. The maximum atomic E-state index is 12.2. The molecule has 0 saturated heterocycles. The third kappa shape index (κ3) is 4.56. The van der Waals surface area contributed by atoms with E-state index in [1.807, 2.05) is 30.3 Å². The number of ether oxygens (including phenoxy) is 1. The number of fused-ring (bicyclic) bond motifs is 3. The molecular formula is C24H20N2O5. The van der Waals surface area contributed by atoms with E-state index in [4.69, 9.17) is 9.15 Å². The van der Waals surface area contributed by atoms with Crippen LogP contribution in [0.25, 0.3) is 21.9 Å².